The van der Waals surface area contributed by atoms with Gasteiger partial charge in [0.25, 0.3) is 5.91 Å². The first-order valence-electron chi connectivity index (χ1n) is 9.13. The topological polar surface area (TPSA) is 85.4 Å². The van der Waals surface area contributed by atoms with Crippen molar-refractivity contribution in [3.63, 3.8) is 0 Å². The van der Waals surface area contributed by atoms with Gasteiger partial charge in [0.1, 0.15) is 11.5 Å². The number of rotatable bonds is 7. The molecule has 1 saturated heterocycles. The molecule has 1 aliphatic heterocycles. The van der Waals surface area contributed by atoms with E-state index in [1.807, 2.05) is 0 Å². The van der Waals surface area contributed by atoms with Crippen LogP contribution in [0.2, 0.25) is 0 Å². The van der Waals surface area contributed by atoms with Crippen LogP contribution in [0.4, 0.5) is 5.69 Å². The van der Waals surface area contributed by atoms with Gasteiger partial charge in [-0.3, -0.25) is 4.79 Å². The number of carbonyl (C=O) groups excluding carboxylic acids is 1. The summed E-state index contributed by atoms with van der Waals surface area (Å²) >= 11 is 0. The van der Waals surface area contributed by atoms with E-state index in [4.69, 9.17) is 14.2 Å². The quantitative estimate of drug-likeness (QED) is 0.679. The molecule has 0 saturated carbocycles. The number of amides is 1. The molecule has 0 aromatic heterocycles. The first-order valence-corrected chi connectivity index (χ1v) is 10.6. The van der Waals surface area contributed by atoms with Gasteiger partial charge in [-0.05, 0) is 48.5 Å². The highest BCUT2D eigenvalue weighted by atomic mass is 32.2. The second kappa shape index (κ2) is 9.25. The van der Waals surface area contributed by atoms with E-state index >= 15 is 0 Å². The van der Waals surface area contributed by atoms with E-state index in [2.05, 4.69) is 0 Å². The lowest BCUT2D eigenvalue weighted by atomic mass is 10.3. The summed E-state index contributed by atoms with van der Waals surface area (Å²) in [5.41, 5.74) is 0.714. The second-order valence-electron chi connectivity index (χ2n) is 6.43. The van der Waals surface area contributed by atoms with Crippen LogP contribution in [0.3, 0.4) is 0 Å². The van der Waals surface area contributed by atoms with Crippen LogP contribution in [0.1, 0.15) is 0 Å². The van der Waals surface area contributed by atoms with Crippen LogP contribution in [0.25, 0.3) is 0 Å². The third kappa shape index (κ3) is 5.06. The monoisotopic (exact) mass is 420 g/mol. The Morgan fingerprint density at radius 3 is 2.21 bits per heavy atom. The standard InChI is InChI=1S/C20H24N2O6S/c1-21(16-3-5-17(26-2)6-4-16)20(23)15-28-18-7-9-19(10-8-18)29(24,25)22-11-13-27-14-12-22/h3-10H,11-15H2,1-2H3. The average molecular weight is 420 g/mol. The molecular weight excluding hydrogens is 396 g/mol. The molecular formula is C20H24N2O6S. The predicted octanol–water partition coefficient (Wildman–Crippen LogP) is 1.76. The van der Waals surface area contributed by atoms with E-state index < -0.39 is 10.0 Å². The van der Waals surface area contributed by atoms with Crippen LogP contribution in [0, 0.1) is 0 Å². The summed E-state index contributed by atoms with van der Waals surface area (Å²) in [5.74, 6) is 0.889. The Hall–Kier alpha value is -2.62. The van der Waals surface area contributed by atoms with Crippen molar-refractivity contribution in [2.75, 3.05) is 52.0 Å². The van der Waals surface area contributed by atoms with E-state index in [1.165, 1.54) is 21.3 Å². The van der Waals surface area contributed by atoms with Gasteiger partial charge in [0.2, 0.25) is 10.0 Å². The molecule has 156 valence electrons. The van der Waals surface area contributed by atoms with E-state index in [0.717, 1.165) is 0 Å². The molecule has 0 spiro atoms. The van der Waals surface area contributed by atoms with Gasteiger partial charge in [0.15, 0.2) is 6.61 Å². The SMILES string of the molecule is COc1ccc(N(C)C(=O)COc2ccc(S(=O)(=O)N3CCOCC3)cc2)cc1. The normalized spacial score (nSPS) is 15.0. The Kier molecular flexibility index (Phi) is 6.73. The summed E-state index contributed by atoms with van der Waals surface area (Å²) in [5, 5.41) is 0. The highest BCUT2D eigenvalue weighted by molar-refractivity contribution is 7.89. The van der Waals surface area contributed by atoms with Crippen LogP contribution in [-0.4, -0.2) is 65.7 Å². The van der Waals surface area contributed by atoms with E-state index in [9.17, 15) is 13.2 Å². The number of methoxy groups -OCH3 is 1. The highest BCUT2D eigenvalue weighted by Crippen LogP contribution is 2.21. The Balaban J connectivity index is 1.58. The van der Waals surface area contributed by atoms with Gasteiger partial charge in [-0.1, -0.05) is 0 Å². The molecule has 0 radical (unpaired) electrons. The Morgan fingerprint density at radius 2 is 1.62 bits per heavy atom. The van der Waals surface area contributed by atoms with Gasteiger partial charge in [-0.15, -0.1) is 0 Å². The third-order valence-corrected chi connectivity index (χ3v) is 6.54. The molecule has 2 aromatic carbocycles. The van der Waals surface area contributed by atoms with Crippen molar-refractivity contribution in [1.82, 2.24) is 4.31 Å². The van der Waals surface area contributed by atoms with Crippen molar-refractivity contribution in [2.45, 2.75) is 4.90 Å². The summed E-state index contributed by atoms with van der Waals surface area (Å²) in [6.45, 7) is 1.30. The van der Waals surface area contributed by atoms with E-state index in [1.54, 1.807) is 50.6 Å². The maximum atomic E-state index is 12.6. The zero-order valence-corrected chi connectivity index (χ0v) is 17.2. The molecule has 0 bridgehead atoms. The zero-order valence-electron chi connectivity index (χ0n) is 16.4. The van der Waals surface area contributed by atoms with Gasteiger partial charge in [0.05, 0.1) is 25.2 Å². The minimum Gasteiger partial charge on any atom is -0.497 e. The first-order chi connectivity index (χ1) is 13.9. The number of morpholine rings is 1. The largest absolute Gasteiger partial charge is 0.497 e. The fourth-order valence-corrected chi connectivity index (χ4v) is 4.24. The number of ether oxygens (including phenoxy) is 3. The van der Waals surface area contributed by atoms with Crippen LogP contribution in [0.5, 0.6) is 11.5 Å². The molecule has 1 fully saturated rings. The Labute approximate surface area is 170 Å². The molecule has 0 N–H and O–H groups in total. The molecule has 1 amide bonds. The molecule has 29 heavy (non-hydrogen) atoms. The number of likely N-dealkylation sites (N-methyl/N-ethyl adjacent to an activating group) is 1. The number of anilines is 1. The molecule has 8 nitrogen and oxygen atoms in total. The van der Waals surface area contributed by atoms with Crippen molar-refractivity contribution in [2.24, 2.45) is 0 Å². The lowest BCUT2D eigenvalue weighted by Crippen LogP contribution is -2.40. The second-order valence-corrected chi connectivity index (χ2v) is 8.37. The summed E-state index contributed by atoms with van der Waals surface area (Å²) in [4.78, 5) is 14.0. The minimum absolute atomic E-state index is 0.169. The fourth-order valence-electron chi connectivity index (χ4n) is 2.84. The van der Waals surface area contributed by atoms with E-state index in [0.29, 0.717) is 43.5 Å². The minimum atomic E-state index is -3.55. The number of benzene rings is 2. The predicted molar refractivity (Wildman–Crippen MR) is 108 cm³/mol. The average Bonchev–Trinajstić information content (AvgIpc) is 2.78. The van der Waals surface area contributed by atoms with Crippen LogP contribution in [0.15, 0.2) is 53.4 Å². The van der Waals surface area contributed by atoms with Gasteiger partial charge in [0, 0.05) is 25.8 Å². The van der Waals surface area contributed by atoms with Crippen LogP contribution >= 0.6 is 0 Å². The number of carbonyl (C=O) groups is 1. The van der Waals surface area contributed by atoms with E-state index in [-0.39, 0.29) is 17.4 Å². The zero-order chi connectivity index (χ0) is 20.9. The summed E-state index contributed by atoms with van der Waals surface area (Å²) in [6, 6.07) is 13.2. The first kappa shape index (κ1) is 21.1. The smallest absolute Gasteiger partial charge is 0.264 e. The van der Waals surface area contributed by atoms with Crippen molar-refractivity contribution >= 4 is 21.6 Å². The van der Waals surface area contributed by atoms with Gasteiger partial charge < -0.3 is 19.1 Å². The van der Waals surface area contributed by atoms with Crippen molar-refractivity contribution < 1.29 is 27.4 Å². The molecule has 9 heteroatoms. The number of sulfonamides is 1. The number of nitrogens with zero attached hydrogens (tertiary/aromatic N) is 2. The third-order valence-electron chi connectivity index (χ3n) is 4.63. The lowest BCUT2D eigenvalue weighted by molar-refractivity contribution is -0.120. The molecule has 3 rings (SSSR count). The maximum absolute atomic E-state index is 12.6. The van der Waals surface area contributed by atoms with Gasteiger partial charge >= 0.3 is 0 Å². The Bertz CT molecular complexity index is 922. The number of hydrogen-bond donors (Lipinski definition) is 0. The molecule has 0 unspecified atom stereocenters. The van der Waals surface area contributed by atoms with Crippen molar-refractivity contribution in [1.29, 1.82) is 0 Å². The maximum Gasteiger partial charge on any atom is 0.264 e. The van der Waals surface area contributed by atoms with Crippen molar-refractivity contribution in [3.8, 4) is 11.5 Å². The number of hydrogen-bond acceptors (Lipinski definition) is 6. The Morgan fingerprint density at radius 1 is 1.03 bits per heavy atom. The highest BCUT2D eigenvalue weighted by Gasteiger charge is 2.26. The molecule has 2 aromatic rings. The van der Waals surface area contributed by atoms with Gasteiger partial charge in [-0.2, -0.15) is 4.31 Å². The summed E-state index contributed by atoms with van der Waals surface area (Å²) in [6.07, 6.45) is 0. The van der Waals surface area contributed by atoms with Crippen LogP contribution < -0.4 is 14.4 Å². The molecule has 0 aliphatic carbocycles. The molecule has 0 atom stereocenters. The van der Waals surface area contributed by atoms with Crippen molar-refractivity contribution in [3.05, 3.63) is 48.5 Å². The summed E-state index contributed by atoms with van der Waals surface area (Å²) in [7, 11) is -0.316. The molecule has 1 aliphatic rings. The molecule has 1 heterocycles. The fraction of sp³-hybridized carbons (Fsp3) is 0.350. The van der Waals surface area contributed by atoms with Gasteiger partial charge in [-0.25, -0.2) is 8.42 Å². The summed E-state index contributed by atoms with van der Waals surface area (Å²) < 4.78 is 42.5. The van der Waals surface area contributed by atoms with Crippen LogP contribution in [-0.2, 0) is 19.6 Å². The lowest BCUT2D eigenvalue weighted by Gasteiger charge is -2.26.